The molecule has 0 aliphatic carbocycles. The summed E-state index contributed by atoms with van der Waals surface area (Å²) in [5.74, 6) is 0.462. The Morgan fingerprint density at radius 2 is 1.42 bits per heavy atom. The first-order chi connectivity index (χ1) is 15.0. The number of benzene rings is 2. The highest BCUT2D eigenvalue weighted by Gasteiger charge is 2.01. The molecule has 0 amide bonds. The molecule has 1 aromatic heterocycles. The molecule has 0 saturated carbocycles. The van der Waals surface area contributed by atoms with Gasteiger partial charge in [0, 0.05) is 6.42 Å². The summed E-state index contributed by atoms with van der Waals surface area (Å²) in [5, 5.41) is 0.371. The summed E-state index contributed by atoms with van der Waals surface area (Å²) in [5.41, 5.74) is 0.814. The number of carbonyl (C=O) groups excluding carboxylic acids is 1. The van der Waals surface area contributed by atoms with Crippen LogP contribution in [-0.4, -0.2) is 29.7 Å². The van der Waals surface area contributed by atoms with Gasteiger partial charge in [0.1, 0.15) is 16.4 Å². The lowest BCUT2D eigenvalue weighted by Gasteiger charge is -2.06. The predicted octanol–water partition coefficient (Wildman–Crippen LogP) is 1.44. The smallest absolute Gasteiger partial charge is 0.305 e. The number of carbonyl (C=O) groups is 1. The highest BCUT2D eigenvalue weighted by Crippen LogP contribution is 2.13. The van der Waals surface area contributed by atoms with Crippen molar-refractivity contribution in [3.05, 3.63) is 97.1 Å². The van der Waals surface area contributed by atoms with Crippen LogP contribution in [0.2, 0.25) is 0 Å². The Bertz CT molecular complexity index is 1240. The fourth-order valence-electron chi connectivity index (χ4n) is 2.90. The molecule has 0 bridgehead atoms. The fraction of sp³-hybridized carbons (Fsp3) is 0.208. The summed E-state index contributed by atoms with van der Waals surface area (Å²) >= 11 is 0. The van der Waals surface area contributed by atoms with Crippen molar-refractivity contribution in [1.29, 1.82) is 0 Å². The zero-order chi connectivity index (χ0) is 22.1. The number of hydrogen-bond donors (Lipinski definition) is 2. The van der Waals surface area contributed by atoms with Gasteiger partial charge in [0.15, 0.2) is 0 Å². The molecule has 0 unspecified atom stereocenters. The first kappa shape index (κ1) is 21.8. The predicted molar refractivity (Wildman–Crippen MR) is 118 cm³/mol. The molecule has 0 saturated heterocycles. The second kappa shape index (κ2) is 10.8. The van der Waals surface area contributed by atoms with Crippen LogP contribution in [-0.2, 0) is 9.53 Å². The van der Waals surface area contributed by atoms with Crippen LogP contribution in [0.15, 0.2) is 64.2 Å². The zero-order valence-electron chi connectivity index (χ0n) is 17.2. The van der Waals surface area contributed by atoms with Crippen molar-refractivity contribution in [2.75, 3.05) is 13.7 Å². The van der Waals surface area contributed by atoms with E-state index in [1.807, 2.05) is 30.3 Å². The number of rotatable bonds is 8. The van der Waals surface area contributed by atoms with Crippen molar-refractivity contribution in [1.82, 2.24) is 9.97 Å². The van der Waals surface area contributed by atoms with Crippen molar-refractivity contribution < 1.29 is 14.3 Å². The Labute approximate surface area is 178 Å². The van der Waals surface area contributed by atoms with Crippen LogP contribution in [0, 0.1) is 0 Å². The number of esters is 1. The van der Waals surface area contributed by atoms with E-state index < -0.39 is 0 Å². The van der Waals surface area contributed by atoms with Gasteiger partial charge in [-0.15, -0.1) is 0 Å². The first-order valence-corrected chi connectivity index (χ1v) is 9.96. The average molecular weight is 420 g/mol. The lowest BCUT2D eigenvalue weighted by Crippen LogP contribution is -2.46. The molecule has 7 heteroatoms. The summed E-state index contributed by atoms with van der Waals surface area (Å²) in [6, 6.07) is 16.5. The fourth-order valence-corrected chi connectivity index (χ4v) is 2.90. The molecule has 3 aromatic rings. The molecule has 2 N–H and O–H groups in total. The number of unbranched alkanes of at least 4 members (excludes halogenated alkanes) is 1. The zero-order valence-corrected chi connectivity index (χ0v) is 17.2. The van der Waals surface area contributed by atoms with Crippen molar-refractivity contribution >= 4 is 18.1 Å². The largest absolute Gasteiger partial charge is 0.494 e. The van der Waals surface area contributed by atoms with Crippen LogP contribution in [0.25, 0.3) is 12.2 Å². The average Bonchev–Trinajstić information content (AvgIpc) is 2.78. The number of aromatic amines is 2. The second-order valence-corrected chi connectivity index (χ2v) is 6.89. The number of hydrogen-bond acceptors (Lipinski definition) is 5. The Morgan fingerprint density at radius 1 is 0.839 bits per heavy atom. The number of ether oxygens (including phenoxy) is 2. The van der Waals surface area contributed by atoms with Crippen molar-refractivity contribution in [2.24, 2.45) is 0 Å². The number of nitrogens with one attached hydrogen (secondary N) is 2. The van der Waals surface area contributed by atoms with E-state index in [0.29, 0.717) is 25.2 Å². The minimum absolute atomic E-state index is 0.173. The quantitative estimate of drug-likeness (QED) is 0.424. The van der Waals surface area contributed by atoms with Crippen LogP contribution in [0.1, 0.15) is 30.4 Å². The number of methoxy groups -OCH3 is 1. The third-order valence-corrected chi connectivity index (χ3v) is 4.56. The molecule has 0 fully saturated rings. The summed E-state index contributed by atoms with van der Waals surface area (Å²) in [4.78, 5) is 41.1. The van der Waals surface area contributed by atoms with Crippen molar-refractivity contribution in [3.8, 4) is 5.75 Å². The molecule has 1 heterocycles. The lowest BCUT2D eigenvalue weighted by atomic mass is 10.2. The van der Waals surface area contributed by atoms with Crippen LogP contribution in [0.3, 0.4) is 0 Å². The Kier molecular flexibility index (Phi) is 7.59. The maximum absolute atomic E-state index is 12.4. The number of H-pyrrole nitrogens is 2. The van der Waals surface area contributed by atoms with E-state index in [4.69, 9.17) is 4.74 Å². The van der Waals surface area contributed by atoms with Crippen LogP contribution < -0.4 is 26.6 Å². The Balaban J connectivity index is 1.69. The summed E-state index contributed by atoms with van der Waals surface area (Å²) < 4.78 is 10.2. The molecule has 0 aliphatic rings. The molecule has 7 nitrogen and oxygen atoms in total. The van der Waals surface area contributed by atoms with Gasteiger partial charge in [-0.3, -0.25) is 14.4 Å². The molecule has 0 spiro atoms. The van der Waals surface area contributed by atoms with Gasteiger partial charge in [-0.25, -0.2) is 0 Å². The SMILES string of the molecule is COC(=O)CCCCOc1ccc(C=c2[nH]c(=O)c(=Cc3ccccc3)[nH]c2=O)cc1. The maximum Gasteiger partial charge on any atom is 0.305 e. The van der Waals surface area contributed by atoms with E-state index in [1.54, 1.807) is 36.4 Å². The molecule has 31 heavy (non-hydrogen) atoms. The molecule has 0 aliphatic heterocycles. The minimum Gasteiger partial charge on any atom is -0.494 e. The van der Waals surface area contributed by atoms with Gasteiger partial charge in [-0.05, 0) is 48.3 Å². The van der Waals surface area contributed by atoms with Gasteiger partial charge in [0.25, 0.3) is 11.1 Å². The molecule has 3 rings (SSSR count). The van der Waals surface area contributed by atoms with Gasteiger partial charge in [0.2, 0.25) is 0 Å². The van der Waals surface area contributed by atoms with Gasteiger partial charge in [0.05, 0.1) is 13.7 Å². The van der Waals surface area contributed by atoms with E-state index in [0.717, 1.165) is 17.5 Å². The monoisotopic (exact) mass is 420 g/mol. The van der Waals surface area contributed by atoms with Crippen LogP contribution in [0.5, 0.6) is 5.75 Å². The van der Waals surface area contributed by atoms with Gasteiger partial charge in [-0.1, -0.05) is 42.5 Å². The molecule has 2 aromatic carbocycles. The highest BCUT2D eigenvalue weighted by molar-refractivity contribution is 5.68. The van der Waals surface area contributed by atoms with E-state index >= 15 is 0 Å². The Hall–Kier alpha value is -3.87. The molecule has 160 valence electrons. The second-order valence-electron chi connectivity index (χ2n) is 6.89. The van der Waals surface area contributed by atoms with Crippen molar-refractivity contribution in [2.45, 2.75) is 19.3 Å². The van der Waals surface area contributed by atoms with Crippen LogP contribution in [0.4, 0.5) is 0 Å². The lowest BCUT2D eigenvalue weighted by molar-refractivity contribution is -0.140. The molecule has 0 atom stereocenters. The van der Waals surface area contributed by atoms with Crippen molar-refractivity contribution in [3.63, 3.8) is 0 Å². The standard InChI is InChI=1S/C24H24N2O5/c1-30-22(27)9-5-6-14-31-19-12-10-18(11-13-19)16-21-24(29)25-20(23(28)26-21)15-17-7-3-2-4-8-17/h2-4,7-8,10-13,15-16H,5-6,9,14H2,1H3,(H,25,29)(H,26,28). The van der Waals surface area contributed by atoms with Gasteiger partial charge >= 0.3 is 5.97 Å². The van der Waals surface area contributed by atoms with E-state index in [-0.39, 0.29) is 27.8 Å². The van der Waals surface area contributed by atoms with E-state index in [9.17, 15) is 14.4 Å². The van der Waals surface area contributed by atoms with E-state index in [2.05, 4.69) is 14.7 Å². The first-order valence-electron chi connectivity index (χ1n) is 9.96. The topological polar surface area (TPSA) is 101 Å². The highest BCUT2D eigenvalue weighted by atomic mass is 16.5. The van der Waals surface area contributed by atoms with E-state index in [1.165, 1.54) is 7.11 Å². The van der Waals surface area contributed by atoms with Gasteiger partial charge in [-0.2, -0.15) is 0 Å². The third kappa shape index (κ3) is 6.57. The third-order valence-electron chi connectivity index (χ3n) is 4.56. The maximum atomic E-state index is 12.4. The summed E-state index contributed by atoms with van der Waals surface area (Å²) in [7, 11) is 1.37. The molecular weight excluding hydrogens is 396 g/mol. The molecular formula is C24H24N2O5. The van der Waals surface area contributed by atoms with Crippen LogP contribution >= 0.6 is 0 Å². The Morgan fingerprint density at radius 3 is 2.00 bits per heavy atom. The normalized spacial score (nSPS) is 12.0. The summed E-state index contributed by atoms with van der Waals surface area (Å²) in [6.07, 6.45) is 5.05. The summed E-state index contributed by atoms with van der Waals surface area (Å²) in [6.45, 7) is 0.492. The molecule has 0 radical (unpaired) electrons. The number of aromatic nitrogens is 2. The van der Waals surface area contributed by atoms with Gasteiger partial charge < -0.3 is 19.4 Å². The minimum atomic E-state index is -0.382.